The maximum Gasteiger partial charge on any atom is 0.131 e. The van der Waals surface area contributed by atoms with Crippen molar-refractivity contribution in [3.8, 4) is 22.3 Å². The van der Waals surface area contributed by atoms with Crippen LogP contribution in [0, 0.1) is 11.6 Å². The predicted molar refractivity (Wildman–Crippen MR) is 124 cm³/mol. The molecule has 3 aromatic carbocycles. The number of rotatable bonds is 11. The molecule has 0 atom stereocenters. The van der Waals surface area contributed by atoms with Crippen molar-refractivity contribution in [2.45, 2.75) is 64.7 Å². The molecular weight excluding hydrogens is 374 g/mol. The fourth-order valence-corrected chi connectivity index (χ4v) is 3.99. The number of benzene rings is 3. The van der Waals surface area contributed by atoms with Crippen LogP contribution in [0.1, 0.15) is 63.9 Å². The highest BCUT2D eigenvalue weighted by Gasteiger charge is 2.12. The molecule has 0 fully saturated rings. The maximum atomic E-state index is 15.0. The first kappa shape index (κ1) is 22.2. The van der Waals surface area contributed by atoms with Gasteiger partial charge in [0.25, 0.3) is 0 Å². The Labute approximate surface area is 180 Å². The molecule has 0 heterocycles. The quantitative estimate of drug-likeness (QED) is 0.279. The van der Waals surface area contributed by atoms with Gasteiger partial charge in [-0.15, -0.1) is 0 Å². The van der Waals surface area contributed by atoms with Gasteiger partial charge >= 0.3 is 0 Å². The standard InChI is InChI=1S/C28H32F2/c1-2-3-4-5-6-7-8-9-12-22-15-20-27(28(30)21-22)26-14-11-10-13-25(26)23-16-18-24(29)19-17-23/h10-11,13-21H,2-9,12H2,1H3. The summed E-state index contributed by atoms with van der Waals surface area (Å²) in [5.41, 5.74) is 4.28. The zero-order valence-corrected chi connectivity index (χ0v) is 18.0. The molecule has 3 rings (SSSR count). The highest BCUT2D eigenvalue weighted by atomic mass is 19.1. The van der Waals surface area contributed by atoms with Crippen LogP contribution in [0.2, 0.25) is 0 Å². The maximum absolute atomic E-state index is 15.0. The van der Waals surface area contributed by atoms with Gasteiger partial charge in [0.1, 0.15) is 11.6 Å². The second-order valence-corrected chi connectivity index (χ2v) is 8.09. The molecule has 0 saturated carbocycles. The van der Waals surface area contributed by atoms with Gasteiger partial charge in [-0.25, -0.2) is 8.78 Å². The van der Waals surface area contributed by atoms with Crippen LogP contribution in [0.4, 0.5) is 8.78 Å². The average molecular weight is 407 g/mol. The molecule has 0 nitrogen and oxygen atoms in total. The summed E-state index contributed by atoms with van der Waals surface area (Å²) in [6.45, 7) is 2.24. The van der Waals surface area contributed by atoms with Crippen LogP contribution in [-0.4, -0.2) is 0 Å². The third-order valence-corrected chi connectivity index (χ3v) is 5.72. The van der Waals surface area contributed by atoms with Gasteiger partial charge in [0.2, 0.25) is 0 Å². The monoisotopic (exact) mass is 406 g/mol. The summed E-state index contributed by atoms with van der Waals surface area (Å²) in [7, 11) is 0. The zero-order valence-electron chi connectivity index (χ0n) is 18.0. The van der Waals surface area contributed by atoms with Gasteiger partial charge in [0.05, 0.1) is 0 Å². The molecular formula is C28H32F2. The highest BCUT2D eigenvalue weighted by molar-refractivity contribution is 5.83. The summed E-state index contributed by atoms with van der Waals surface area (Å²) < 4.78 is 28.3. The van der Waals surface area contributed by atoms with E-state index in [4.69, 9.17) is 0 Å². The van der Waals surface area contributed by atoms with Gasteiger partial charge in [-0.3, -0.25) is 0 Å². The molecule has 3 aromatic rings. The molecule has 2 heteroatoms. The second kappa shape index (κ2) is 11.6. The minimum atomic E-state index is -0.271. The van der Waals surface area contributed by atoms with Crippen LogP contribution in [0.15, 0.2) is 66.7 Å². The summed E-state index contributed by atoms with van der Waals surface area (Å²) in [5.74, 6) is -0.464. The lowest BCUT2D eigenvalue weighted by Gasteiger charge is -2.12. The molecule has 0 aliphatic heterocycles. The smallest absolute Gasteiger partial charge is 0.131 e. The predicted octanol–water partition coefficient (Wildman–Crippen LogP) is 8.98. The van der Waals surface area contributed by atoms with Crippen molar-refractivity contribution in [2.24, 2.45) is 0 Å². The van der Waals surface area contributed by atoms with Crippen LogP contribution < -0.4 is 0 Å². The first-order valence-corrected chi connectivity index (χ1v) is 11.3. The summed E-state index contributed by atoms with van der Waals surface area (Å²) in [6.07, 6.45) is 11.1. The van der Waals surface area contributed by atoms with Crippen molar-refractivity contribution in [3.05, 3.63) is 83.9 Å². The lowest BCUT2D eigenvalue weighted by Crippen LogP contribution is -1.93. The van der Waals surface area contributed by atoms with Gasteiger partial charge in [-0.1, -0.05) is 100 Å². The molecule has 0 aliphatic rings. The normalized spacial score (nSPS) is 11.0. The summed E-state index contributed by atoms with van der Waals surface area (Å²) in [4.78, 5) is 0. The van der Waals surface area contributed by atoms with E-state index in [2.05, 4.69) is 6.92 Å². The topological polar surface area (TPSA) is 0 Å². The van der Waals surface area contributed by atoms with E-state index < -0.39 is 0 Å². The summed E-state index contributed by atoms with van der Waals surface area (Å²) in [5, 5.41) is 0. The molecule has 0 aliphatic carbocycles. The van der Waals surface area contributed by atoms with Crippen LogP contribution >= 0.6 is 0 Å². The van der Waals surface area contributed by atoms with Crippen molar-refractivity contribution in [2.75, 3.05) is 0 Å². The van der Waals surface area contributed by atoms with Crippen molar-refractivity contribution in [3.63, 3.8) is 0 Å². The zero-order chi connectivity index (χ0) is 21.2. The molecule has 0 saturated heterocycles. The van der Waals surface area contributed by atoms with Crippen molar-refractivity contribution >= 4 is 0 Å². The third kappa shape index (κ3) is 6.26. The second-order valence-electron chi connectivity index (χ2n) is 8.09. The van der Waals surface area contributed by atoms with E-state index in [0.29, 0.717) is 5.56 Å². The lowest BCUT2D eigenvalue weighted by molar-refractivity contribution is 0.574. The number of hydrogen-bond donors (Lipinski definition) is 0. The van der Waals surface area contributed by atoms with E-state index in [9.17, 15) is 8.78 Å². The largest absolute Gasteiger partial charge is 0.207 e. The Morgan fingerprint density at radius 2 is 1.23 bits per heavy atom. The van der Waals surface area contributed by atoms with Crippen molar-refractivity contribution in [1.82, 2.24) is 0 Å². The Balaban J connectivity index is 1.63. The van der Waals surface area contributed by atoms with E-state index in [0.717, 1.165) is 35.1 Å². The van der Waals surface area contributed by atoms with E-state index in [1.165, 1.54) is 57.1 Å². The molecule has 0 bridgehead atoms. The molecule has 30 heavy (non-hydrogen) atoms. The van der Waals surface area contributed by atoms with Gasteiger partial charge < -0.3 is 0 Å². The lowest BCUT2D eigenvalue weighted by atomic mass is 9.93. The number of halogens is 2. The fourth-order valence-electron chi connectivity index (χ4n) is 3.99. The average Bonchev–Trinajstić information content (AvgIpc) is 2.76. The first-order chi connectivity index (χ1) is 14.7. The van der Waals surface area contributed by atoms with Gasteiger partial charge in [0, 0.05) is 5.56 Å². The number of aryl methyl sites for hydroxylation is 1. The van der Waals surface area contributed by atoms with Crippen LogP contribution in [0.25, 0.3) is 22.3 Å². The molecule has 0 N–H and O–H groups in total. The minimum Gasteiger partial charge on any atom is -0.207 e. The Morgan fingerprint density at radius 3 is 1.90 bits per heavy atom. The Morgan fingerprint density at radius 1 is 0.600 bits per heavy atom. The van der Waals surface area contributed by atoms with E-state index in [1.807, 2.05) is 36.4 Å². The van der Waals surface area contributed by atoms with E-state index in [1.54, 1.807) is 18.2 Å². The van der Waals surface area contributed by atoms with Crippen molar-refractivity contribution < 1.29 is 8.78 Å². The minimum absolute atomic E-state index is 0.193. The van der Waals surface area contributed by atoms with E-state index >= 15 is 0 Å². The molecule has 0 amide bonds. The Hall–Kier alpha value is -2.48. The van der Waals surface area contributed by atoms with Gasteiger partial charge in [0.15, 0.2) is 0 Å². The molecule has 0 aromatic heterocycles. The SMILES string of the molecule is CCCCCCCCCCc1ccc(-c2ccccc2-c2ccc(F)cc2)c(F)c1. The van der Waals surface area contributed by atoms with Crippen LogP contribution in [0.5, 0.6) is 0 Å². The first-order valence-electron chi connectivity index (χ1n) is 11.3. The summed E-state index contributed by atoms with van der Waals surface area (Å²) >= 11 is 0. The number of hydrogen-bond acceptors (Lipinski definition) is 0. The van der Waals surface area contributed by atoms with E-state index in [-0.39, 0.29) is 11.6 Å². The Bertz CT molecular complexity index is 912. The number of unbranched alkanes of at least 4 members (excludes halogenated alkanes) is 7. The van der Waals surface area contributed by atoms with Gasteiger partial charge in [-0.05, 0) is 53.3 Å². The van der Waals surface area contributed by atoms with Crippen LogP contribution in [-0.2, 0) is 6.42 Å². The Kier molecular flexibility index (Phi) is 8.62. The molecule has 0 radical (unpaired) electrons. The van der Waals surface area contributed by atoms with Crippen LogP contribution in [0.3, 0.4) is 0 Å². The summed E-state index contributed by atoms with van der Waals surface area (Å²) in [6, 6.07) is 19.7. The molecule has 158 valence electrons. The van der Waals surface area contributed by atoms with Gasteiger partial charge in [-0.2, -0.15) is 0 Å². The highest BCUT2D eigenvalue weighted by Crippen LogP contribution is 2.34. The molecule has 0 spiro atoms. The molecule has 0 unspecified atom stereocenters. The third-order valence-electron chi connectivity index (χ3n) is 5.72. The fraction of sp³-hybridized carbons (Fsp3) is 0.357. The van der Waals surface area contributed by atoms with Crippen molar-refractivity contribution in [1.29, 1.82) is 0 Å².